The summed E-state index contributed by atoms with van der Waals surface area (Å²) in [6.07, 6.45) is 0. The van der Waals surface area contributed by atoms with Crippen LogP contribution in [0.3, 0.4) is 0 Å². The van der Waals surface area contributed by atoms with Gasteiger partial charge in [-0.2, -0.15) is 0 Å². The lowest BCUT2D eigenvalue weighted by Gasteiger charge is -2.06. The molecule has 0 amide bonds. The molecule has 0 fully saturated rings. The van der Waals surface area contributed by atoms with Crippen LogP contribution >= 0.6 is 35.4 Å². The molecule has 0 spiro atoms. The Labute approximate surface area is 86.5 Å². The average Bonchev–Trinajstić information content (AvgIpc) is 2.11. The Kier molecular flexibility index (Phi) is 6.34. The van der Waals surface area contributed by atoms with Gasteiger partial charge in [0, 0.05) is 11.2 Å². The fraction of sp³-hybridized carbons (Fsp3) is 0.429. The fourth-order valence-electron chi connectivity index (χ4n) is 0.351. The van der Waals surface area contributed by atoms with Crippen molar-refractivity contribution in [1.29, 1.82) is 0 Å². The maximum Gasteiger partial charge on any atom is 0.338 e. The standard InChI is InChI=1S/C7H8Cl2O2S/c1-5(4-12)7(10)11-3-6(9)2-8/h4,6H,1-3H2. The van der Waals surface area contributed by atoms with E-state index >= 15 is 0 Å². The molecule has 68 valence electrons. The number of halogens is 2. The summed E-state index contributed by atoms with van der Waals surface area (Å²) in [6.45, 7) is 3.44. The molecule has 2 nitrogen and oxygen atoms in total. The minimum atomic E-state index is -0.555. The molecule has 0 bridgehead atoms. The van der Waals surface area contributed by atoms with Crippen molar-refractivity contribution in [3.63, 3.8) is 0 Å². The molecule has 5 heteroatoms. The van der Waals surface area contributed by atoms with Crippen molar-refractivity contribution in [2.24, 2.45) is 0 Å². The monoisotopic (exact) mass is 226 g/mol. The predicted molar refractivity (Wildman–Crippen MR) is 54.1 cm³/mol. The van der Waals surface area contributed by atoms with Gasteiger partial charge in [-0.15, -0.1) is 23.2 Å². The van der Waals surface area contributed by atoms with E-state index in [-0.39, 0.29) is 23.4 Å². The molecule has 0 aliphatic carbocycles. The molecule has 0 saturated heterocycles. The summed E-state index contributed by atoms with van der Waals surface area (Å²) < 4.78 is 4.69. The summed E-state index contributed by atoms with van der Waals surface area (Å²) in [5.41, 5.74) is 0.142. The molecule has 0 aromatic rings. The van der Waals surface area contributed by atoms with Crippen LogP contribution < -0.4 is 0 Å². The highest BCUT2D eigenvalue weighted by Gasteiger charge is 2.09. The number of carbonyl (C=O) groups is 1. The van der Waals surface area contributed by atoms with Crippen molar-refractivity contribution in [3.8, 4) is 0 Å². The van der Waals surface area contributed by atoms with Crippen LogP contribution in [-0.4, -0.2) is 29.2 Å². The minimum absolute atomic E-state index is 0.0755. The molecule has 1 unspecified atom stereocenters. The van der Waals surface area contributed by atoms with Gasteiger partial charge >= 0.3 is 5.97 Å². The first-order valence-electron chi connectivity index (χ1n) is 3.13. The quantitative estimate of drug-likeness (QED) is 0.310. The zero-order chi connectivity index (χ0) is 9.56. The number of esters is 1. The molecule has 0 heterocycles. The lowest BCUT2D eigenvalue weighted by Crippen LogP contribution is -2.16. The van der Waals surface area contributed by atoms with Crippen molar-refractivity contribution < 1.29 is 9.53 Å². The molecule has 12 heavy (non-hydrogen) atoms. The molecule has 0 rings (SSSR count). The molecule has 0 radical (unpaired) electrons. The molecule has 0 aliphatic heterocycles. The molecule has 0 N–H and O–H groups in total. The molecular weight excluding hydrogens is 219 g/mol. The third kappa shape index (κ3) is 4.70. The Morgan fingerprint density at radius 2 is 2.33 bits per heavy atom. The van der Waals surface area contributed by atoms with Gasteiger partial charge in [0.2, 0.25) is 0 Å². The molecule has 0 aromatic carbocycles. The van der Waals surface area contributed by atoms with Crippen LogP contribution in [0.15, 0.2) is 12.2 Å². The van der Waals surface area contributed by atoms with Crippen molar-refractivity contribution in [1.82, 2.24) is 0 Å². The van der Waals surface area contributed by atoms with Crippen LogP contribution in [0.5, 0.6) is 0 Å². The minimum Gasteiger partial charge on any atom is -0.460 e. The van der Waals surface area contributed by atoms with E-state index in [1.54, 1.807) is 0 Å². The largest absolute Gasteiger partial charge is 0.460 e. The van der Waals surface area contributed by atoms with Crippen molar-refractivity contribution in [2.75, 3.05) is 12.5 Å². The number of hydrogen-bond donors (Lipinski definition) is 0. The third-order valence-corrected chi connectivity index (χ3v) is 2.06. The van der Waals surface area contributed by atoms with Crippen LogP contribution in [0.2, 0.25) is 0 Å². The highest BCUT2D eigenvalue weighted by Crippen LogP contribution is 2.01. The van der Waals surface area contributed by atoms with E-state index in [4.69, 9.17) is 27.9 Å². The normalized spacial score (nSPS) is 11.8. The third-order valence-electron chi connectivity index (χ3n) is 0.967. The van der Waals surface area contributed by atoms with Gasteiger partial charge in [0.1, 0.15) is 6.61 Å². The Hall–Kier alpha value is -0.120. The number of ether oxygens (including phenoxy) is 1. The second kappa shape index (κ2) is 6.40. The molecule has 0 saturated carbocycles. The summed E-state index contributed by atoms with van der Waals surface area (Å²) in [4.78, 5) is 10.9. The van der Waals surface area contributed by atoms with Gasteiger partial charge in [-0.05, 0) is 0 Å². The predicted octanol–water partition coefficient (Wildman–Crippen LogP) is 1.93. The summed E-state index contributed by atoms with van der Waals surface area (Å²) in [5, 5.41) is 0.792. The number of hydrogen-bond acceptors (Lipinski definition) is 3. The first-order chi connectivity index (χ1) is 5.61. The topological polar surface area (TPSA) is 26.3 Å². The van der Waals surface area contributed by atoms with E-state index in [0.29, 0.717) is 0 Å². The summed E-state index contributed by atoms with van der Waals surface area (Å²) in [6, 6.07) is 0. The lowest BCUT2D eigenvalue weighted by molar-refractivity contribution is -0.138. The van der Waals surface area contributed by atoms with Crippen LogP contribution in [0.4, 0.5) is 0 Å². The Balaban J connectivity index is 3.71. The van der Waals surface area contributed by atoms with Gasteiger partial charge in [-0.3, -0.25) is 0 Å². The number of carbonyl (C=O) groups excluding carboxylic acids is 1. The Bertz CT molecular complexity index is 194. The highest BCUT2D eigenvalue weighted by molar-refractivity contribution is 7.79. The van der Waals surface area contributed by atoms with E-state index in [9.17, 15) is 4.79 Å². The van der Waals surface area contributed by atoms with E-state index in [1.165, 1.54) is 0 Å². The second-order valence-corrected chi connectivity index (χ2v) is 3.15. The van der Waals surface area contributed by atoms with Crippen molar-refractivity contribution >= 4 is 46.8 Å². The van der Waals surface area contributed by atoms with Gasteiger partial charge in [-0.25, -0.2) is 4.79 Å². The fourth-order valence-corrected chi connectivity index (χ4v) is 0.600. The highest BCUT2D eigenvalue weighted by atomic mass is 35.5. The van der Waals surface area contributed by atoms with E-state index in [2.05, 4.69) is 18.8 Å². The van der Waals surface area contributed by atoms with Crippen LogP contribution in [-0.2, 0) is 9.53 Å². The first kappa shape index (κ1) is 11.9. The lowest BCUT2D eigenvalue weighted by atomic mass is 10.4. The molecule has 1 atom stereocenters. The molecule has 0 aromatic heterocycles. The number of thiocarbonyl (C=S) groups is 1. The van der Waals surface area contributed by atoms with Gasteiger partial charge in [0.25, 0.3) is 0 Å². The number of rotatable bonds is 5. The SMILES string of the molecule is C=C(C=S)C(=O)OCC(Cl)CCl. The van der Waals surface area contributed by atoms with Crippen molar-refractivity contribution in [3.05, 3.63) is 12.2 Å². The maximum atomic E-state index is 10.9. The van der Waals surface area contributed by atoms with Gasteiger partial charge in [-0.1, -0.05) is 18.8 Å². The summed E-state index contributed by atoms with van der Waals surface area (Å²) in [5.74, 6) is -0.320. The van der Waals surface area contributed by atoms with E-state index < -0.39 is 5.97 Å². The van der Waals surface area contributed by atoms with E-state index in [0.717, 1.165) is 5.37 Å². The van der Waals surface area contributed by atoms with Gasteiger partial charge in [0.15, 0.2) is 0 Å². The van der Waals surface area contributed by atoms with Crippen LogP contribution in [0.25, 0.3) is 0 Å². The molecule has 0 aliphatic rings. The zero-order valence-electron chi connectivity index (χ0n) is 6.26. The summed E-state index contributed by atoms with van der Waals surface area (Å²) >= 11 is 15.4. The Morgan fingerprint density at radius 1 is 1.75 bits per heavy atom. The maximum absolute atomic E-state index is 10.9. The smallest absolute Gasteiger partial charge is 0.338 e. The second-order valence-electron chi connectivity index (χ2n) is 1.99. The zero-order valence-corrected chi connectivity index (χ0v) is 8.59. The molecular formula is C7H8Cl2O2S. The van der Waals surface area contributed by atoms with E-state index in [1.807, 2.05) is 0 Å². The number of alkyl halides is 2. The van der Waals surface area contributed by atoms with Crippen molar-refractivity contribution in [2.45, 2.75) is 5.38 Å². The van der Waals surface area contributed by atoms with Crippen LogP contribution in [0.1, 0.15) is 0 Å². The van der Waals surface area contributed by atoms with Gasteiger partial charge in [0.05, 0.1) is 11.0 Å². The van der Waals surface area contributed by atoms with Crippen LogP contribution in [0, 0.1) is 0 Å². The van der Waals surface area contributed by atoms with Gasteiger partial charge < -0.3 is 4.74 Å². The summed E-state index contributed by atoms with van der Waals surface area (Å²) in [7, 11) is 0. The average molecular weight is 227 g/mol. The first-order valence-corrected chi connectivity index (χ1v) is 4.57. The Morgan fingerprint density at radius 3 is 2.75 bits per heavy atom.